The molecule has 0 radical (unpaired) electrons. The van der Waals surface area contributed by atoms with Gasteiger partial charge in [-0.1, -0.05) is 6.92 Å². The summed E-state index contributed by atoms with van der Waals surface area (Å²) in [6.07, 6.45) is -4.90. The van der Waals surface area contributed by atoms with Crippen LogP contribution in [0.15, 0.2) is 0 Å². The molecule has 0 spiro atoms. The van der Waals surface area contributed by atoms with Crippen molar-refractivity contribution >= 4 is 5.91 Å². The molecule has 0 aromatic rings. The van der Waals surface area contributed by atoms with Crippen molar-refractivity contribution in [3.8, 4) is 0 Å². The van der Waals surface area contributed by atoms with Gasteiger partial charge in [0, 0.05) is 6.61 Å². The topological polar surface area (TPSA) is 64.3 Å². The normalized spacial score (nSPS) is 13.8. The fraction of sp³-hybridized carbons (Fsp3) is 0.889. The number of nitrogens with one attached hydrogen (secondary N) is 1. The van der Waals surface area contributed by atoms with Crippen molar-refractivity contribution in [2.75, 3.05) is 19.8 Å². The highest BCUT2D eigenvalue weighted by Gasteiger charge is 2.26. The molecule has 0 saturated carbocycles. The van der Waals surface area contributed by atoms with E-state index in [0.29, 0.717) is 6.54 Å². The third kappa shape index (κ3) is 8.49. The number of alkyl halides is 3. The van der Waals surface area contributed by atoms with Crippen LogP contribution >= 0.6 is 0 Å². The first kappa shape index (κ1) is 15.2. The molecule has 96 valence electrons. The molecule has 0 aliphatic rings. The maximum Gasteiger partial charge on any atom is 0.391 e. The van der Waals surface area contributed by atoms with E-state index in [9.17, 15) is 18.0 Å². The third-order valence-corrected chi connectivity index (χ3v) is 1.87. The third-order valence-electron chi connectivity index (χ3n) is 1.87. The van der Waals surface area contributed by atoms with Crippen molar-refractivity contribution in [2.45, 2.75) is 32.0 Å². The van der Waals surface area contributed by atoms with E-state index in [4.69, 9.17) is 10.5 Å². The second-order valence-corrected chi connectivity index (χ2v) is 3.28. The molecule has 0 fully saturated rings. The van der Waals surface area contributed by atoms with Crippen LogP contribution in [0.5, 0.6) is 0 Å². The average molecular weight is 242 g/mol. The van der Waals surface area contributed by atoms with E-state index < -0.39 is 24.5 Å². The molecule has 0 heterocycles. The van der Waals surface area contributed by atoms with Gasteiger partial charge in [0.05, 0.1) is 19.1 Å². The maximum atomic E-state index is 11.7. The first-order valence-corrected chi connectivity index (χ1v) is 5.04. The highest BCUT2D eigenvalue weighted by Crippen LogP contribution is 2.18. The summed E-state index contributed by atoms with van der Waals surface area (Å²) in [4.78, 5) is 10.8. The fourth-order valence-corrected chi connectivity index (χ4v) is 1.08. The molecular weight excluding hydrogens is 225 g/mol. The lowest BCUT2D eigenvalue weighted by Gasteiger charge is -2.14. The minimum Gasteiger partial charge on any atom is -0.381 e. The maximum absolute atomic E-state index is 11.7. The standard InChI is InChI=1S/C9H17F3N2O2/c1-2-14-7(8(13)15)3-5-16-6-4-9(10,11)12/h7,14H,2-6H2,1H3,(H2,13,15). The highest BCUT2D eigenvalue weighted by atomic mass is 19.4. The van der Waals surface area contributed by atoms with Gasteiger partial charge >= 0.3 is 6.18 Å². The van der Waals surface area contributed by atoms with Crippen LogP contribution in [0.1, 0.15) is 19.8 Å². The van der Waals surface area contributed by atoms with E-state index in [1.54, 1.807) is 6.92 Å². The summed E-state index contributed by atoms with van der Waals surface area (Å²) in [5, 5.41) is 2.81. The van der Waals surface area contributed by atoms with Crippen molar-refractivity contribution in [2.24, 2.45) is 5.73 Å². The van der Waals surface area contributed by atoms with Gasteiger partial charge in [0.1, 0.15) is 0 Å². The van der Waals surface area contributed by atoms with Crippen molar-refractivity contribution in [1.29, 1.82) is 0 Å². The molecule has 0 aliphatic heterocycles. The van der Waals surface area contributed by atoms with Crippen LogP contribution < -0.4 is 11.1 Å². The van der Waals surface area contributed by atoms with Gasteiger partial charge in [-0.2, -0.15) is 13.2 Å². The number of hydrogen-bond donors (Lipinski definition) is 2. The molecule has 0 aliphatic carbocycles. The second kappa shape index (κ2) is 7.45. The Morgan fingerprint density at radius 3 is 2.50 bits per heavy atom. The average Bonchev–Trinajstić information content (AvgIpc) is 2.13. The molecule has 1 unspecified atom stereocenters. The van der Waals surface area contributed by atoms with Gasteiger partial charge in [0.25, 0.3) is 0 Å². The minimum atomic E-state index is -4.20. The van der Waals surface area contributed by atoms with Gasteiger partial charge in [-0.05, 0) is 13.0 Å². The van der Waals surface area contributed by atoms with E-state index in [-0.39, 0.29) is 19.6 Å². The van der Waals surface area contributed by atoms with Crippen molar-refractivity contribution in [3.05, 3.63) is 0 Å². The van der Waals surface area contributed by atoms with Crippen LogP contribution in [0.3, 0.4) is 0 Å². The smallest absolute Gasteiger partial charge is 0.381 e. The summed E-state index contributed by atoms with van der Waals surface area (Å²) in [6, 6.07) is -0.545. The van der Waals surface area contributed by atoms with Crippen LogP contribution in [0.2, 0.25) is 0 Å². The zero-order valence-electron chi connectivity index (χ0n) is 9.14. The summed E-state index contributed by atoms with van der Waals surface area (Å²) in [5.74, 6) is -0.527. The Kier molecular flexibility index (Phi) is 7.07. The molecule has 3 N–H and O–H groups in total. The number of amides is 1. The predicted molar refractivity (Wildman–Crippen MR) is 52.8 cm³/mol. The minimum absolute atomic E-state index is 0.0800. The Morgan fingerprint density at radius 2 is 2.06 bits per heavy atom. The van der Waals surface area contributed by atoms with Crippen LogP contribution in [-0.4, -0.2) is 37.9 Å². The van der Waals surface area contributed by atoms with E-state index in [1.807, 2.05) is 0 Å². The number of carbonyl (C=O) groups excluding carboxylic acids is 1. The Hall–Kier alpha value is -0.820. The first-order valence-electron chi connectivity index (χ1n) is 5.04. The molecule has 7 heteroatoms. The number of hydrogen-bond acceptors (Lipinski definition) is 3. The number of ether oxygens (including phenoxy) is 1. The number of carbonyl (C=O) groups is 1. The Balaban J connectivity index is 3.59. The molecular formula is C9H17F3N2O2. The number of primary amides is 1. The summed E-state index contributed by atoms with van der Waals surface area (Å²) in [7, 11) is 0. The van der Waals surface area contributed by atoms with Crippen molar-refractivity contribution < 1.29 is 22.7 Å². The zero-order chi connectivity index (χ0) is 12.6. The Labute approximate surface area is 92.3 Å². The molecule has 16 heavy (non-hydrogen) atoms. The summed E-state index contributed by atoms with van der Waals surface area (Å²) in [6.45, 7) is 2.06. The second-order valence-electron chi connectivity index (χ2n) is 3.28. The highest BCUT2D eigenvalue weighted by molar-refractivity contribution is 5.79. The summed E-state index contributed by atoms with van der Waals surface area (Å²) >= 11 is 0. The lowest BCUT2D eigenvalue weighted by atomic mass is 10.2. The van der Waals surface area contributed by atoms with Gasteiger partial charge in [0.2, 0.25) is 5.91 Å². The van der Waals surface area contributed by atoms with Crippen LogP contribution in [0, 0.1) is 0 Å². The van der Waals surface area contributed by atoms with Gasteiger partial charge in [-0.25, -0.2) is 0 Å². The lowest BCUT2D eigenvalue weighted by Crippen LogP contribution is -2.41. The Bertz CT molecular complexity index is 209. The zero-order valence-corrected chi connectivity index (χ0v) is 9.14. The predicted octanol–water partition coefficient (Wildman–Crippen LogP) is 0.809. The molecule has 0 rings (SSSR count). The molecule has 1 atom stereocenters. The molecule has 4 nitrogen and oxygen atoms in total. The number of halogens is 3. The molecule has 0 saturated heterocycles. The molecule has 1 amide bonds. The van der Waals surface area contributed by atoms with Crippen molar-refractivity contribution in [3.63, 3.8) is 0 Å². The van der Waals surface area contributed by atoms with E-state index in [1.165, 1.54) is 0 Å². The summed E-state index contributed by atoms with van der Waals surface area (Å²) in [5.41, 5.74) is 5.07. The van der Waals surface area contributed by atoms with Crippen LogP contribution in [-0.2, 0) is 9.53 Å². The van der Waals surface area contributed by atoms with Gasteiger partial charge in [-0.15, -0.1) is 0 Å². The van der Waals surface area contributed by atoms with Crippen molar-refractivity contribution in [1.82, 2.24) is 5.32 Å². The van der Waals surface area contributed by atoms with Crippen LogP contribution in [0.4, 0.5) is 13.2 Å². The SMILES string of the molecule is CCNC(CCOCCC(F)(F)F)C(N)=O. The quantitative estimate of drug-likeness (QED) is 0.619. The lowest BCUT2D eigenvalue weighted by molar-refractivity contribution is -0.145. The monoisotopic (exact) mass is 242 g/mol. The van der Waals surface area contributed by atoms with Gasteiger partial charge in [0.15, 0.2) is 0 Å². The van der Waals surface area contributed by atoms with E-state index >= 15 is 0 Å². The molecule has 0 bridgehead atoms. The number of nitrogens with two attached hydrogens (primary N) is 1. The largest absolute Gasteiger partial charge is 0.391 e. The van der Waals surface area contributed by atoms with Gasteiger partial charge < -0.3 is 15.8 Å². The first-order chi connectivity index (χ1) is 7.37. The Morgan fingerprint density at radius 1 is 1.44 bits per heavy atom. The number of rotatable bonds is 8. The molecule has 0 aromatic carbocycles. The molecule has 0 aromatic heterocycles. The number of likely N-dealkylation sites (N-methyl/N-ethyl adjacent to an activating group) is 1. The fourth-order valence-electron chi connectivity index (χ4n) is 1.08. The van der Waals surface area contributed by atoms with E-state index in [0.717, 1.165) is 0 Å². The van der Waals surface area contributed by atoms with Crippen LogP contribution in [0.25, 0.3) is 0 Å². The van der Waals surface area contributed by atoms with E-state index in [2.05, 4.69) is 5.32 Å². The summed E-state index contributed by atoms with van der Waals surface area (Å²) < 4.78 is 39.9. The van der Waals surface area contributed by atoms with Gasteiger partial charge in [-0.3, -0.25) is 4.79 Å².